The van der Waals surface area contributed by atoms with Crippen molar-refractivity contribution < 1.29 is 8.42 Å². The second-order valence-electron chi connectivity index (χ2n) is 4.10. The maximum absolute atomic E-state index is 11.5. The summed E-state index contributed by atoms with van der Waals surface area (Å²) in [5.41, 5.74) is 5.34. The largest absolute Gasteiger partial charge is 0.330 e. The summed E-state index contributed by atoms with van der Waals surface area (Å²) in [5.74, 6) is 0.621. The molecule has 0 saturated carbocycles. The molecule has 0 aliphatic rings. The minimum Gasteiger partial charge on any atom is -0.330 e. The van der Waals surface area contributed by atoms with E-state index in [2.05, 4.69) is 4.72 Å². The van der Waals surface area contributed by atoms with E-state index in [9.17, 15) is 8.42 Å². The molecule has 0 aromatic heterocycles. The van der Waals surface area contributed by atoms with Gasteiger partial charge in [-0.05, 0) is 32.2 Å². The fourth-order valence-corrected chi connectivity index (χ4v) is 2.70. The molecule has 0 saturated heterocycles. The van der Waals surface area contributed by atoms with Crippen LogP contribution in [-0.2, 0) is 10.0 Å². The SMILES string of the molecule is CC(C)CCS(=O)(=O)NC(C)CCN. The molecule has 0 fully saturated rings. The van der Waals surface area contributed by atoms with Crippen molar-refractivity contribution in [2.75, 3.05) is 12.3 Å². The highest BCUT2D eigenvalue weighted by Crippen LogP contribution is 2.03. The van der Waals surface area contributed by atoms with Crippen LogP contribution >= 0.6 is 0 Å². The molecule has 0 spiro atoms. The van der Waals surface area contributed by atoms with Crippen LogP contribution in [0.15, 0.2) is 0 Å². The van der Waals surface area contributed by atoms with E-state index < -0.39 is 10.0 Å². The van der Waals surface area contributed by atoms with Crippen molar-refractivity contribution in [1.82, 2.24) is 4.72 Å². The minimum atomic E-state index is -3.10. The van der Waals surface area contributed by atoms with Crippen LogP contribution in [0.1, 0.15) is 33.6 Å². The van der Waals surface area contributed by atoms with Crippen LogP contribution in [0, 0.1) is 5.92 Å². The van der Waals surface area contributed by atoms with Gasteiger partial charge in [-0.3, -0.25) is 0 Å². The van der Waals surface area contributed by atoms with E-state index in [-0.39, 0.29) is 11.8 Å². The lowest BCUT2D eigenvalue weighted by Crippen LogP contribution is -2.35. The average Bonchev–Trinajstić information content (AvgIpc) is 2.00. The second-order valence-corrected chi connectivity index (χ2v) is 5.97. The van der Waals surface area contributed by atoms with E-state index in [4.69, 9.17) is 5.73 Å². The van der Waals surface area contributed by atoms with Gasteiger partial charge in [0.2, 0.25) is 10.0 Å². The molecule has 0 aliphatic heterocycles. The van der Waals surface area contributed by atoms with E-state index in [0.717, 1.165) is 0 Å². The highest BCUT2D eigenvalue weighted by Gasteiger charge is 2.14. The highest BCUT2D eigenvalue weighted by molar-refractivity contribution is 7.89. The summed E-state index contributed by atoms with van der Waals surface area (Å²) in [6.45, 7) is 6.37. The summed E-state index contributed by atoms with van der Waals surface area (Å²) < 4.78 is 25.5. The molecule has 1 atom stereocenters. The third-order valence-corrected chi connectivity index (χ3v) is 3.48. The number of sulfonamides is 1. The predicted molar refractivity (Wildman–Crippen MR) is 59.5 cm³/mol. The Balaban J connectivity index is 3.95. The number of hydrogen-bond donors (Lipinski definition) is 2. The molecule has 0 rings (SSSR count). The number of nitrogens with two attached hydrogens (primary N) is 1. The van der Waals surface area contributed by atoms with Gasteiger partial charge in [-0.25, -0.2) is 13.1 Å². The van der Waals surface area contributed by atoms with Crippen molar-refractivity contribution in [2.45, 2.75) is 39.7 Å². The van der Waals surface area contributed by atoms with Crippen LogP contribution in [0.2, 0.25) is 0 Å². The quantitative estimate of drug-likeness (QED) is 0.665. The van der Waals surface area contributed by atoms with Crippen LogP contribution in [0.25, 0.3) is 0 Å². The molecule has 1 unspecified atom stereocenters. The Hall–Kier alpha value is -0.130. The third-order valence-electron chi connectivity index (χ3n) is 1.94. The van der Waals surface area contributed by atoms with Crippen LogP contribution in [0.4, 0.5) is 0 Å². The van der Waals surface area contributed by atoms with Crippen LogP contribution < -0.4 is 10.5 Å². The molecule has 86 valence electrons. The molecule has 0 heterocycles. The smallest absolute Gasteiger partial charge is 0.211 e. The summed E-state index contributed by atoms with van der Waals surface area (Å²) in [6, 6.07) is -0.0582. The molecular weight excluding hydrogens is 200 g/mol. The molecule has 0 bridgehead atoms. The van der Waals surface area contributed by atoms with E-state index in [0.29, 0.717) is 25.3 Å². The van der Waals surface area contributed by atoms with Crippen LogP contribution in [0.5, 0.6) is 0 Å². The van der Waals surface area contributed by atoms with E-state index in [1.165, 1.54) is 0 Å². The minimum absolute atomic E-state index is 0.0582. The van der Waals surface area contributed by atoms with Gasteiger partial charge in [-0.1, -0.05) is 13.8 Å². The zero-order valence-corrected chi connectivity index (χ0v) is 10.1. The summed E-state index contributed by atoms with van der Waals surface area (Å²) in [6.07, 6.45) is 1.38. The van der Waals surface area contributed by atoms with Gasteiger partial charge in [0.15, 0.2) is 0 Å². The topological polar surface area (TPSA) is 72.2 Å². The van der Waals surface area contributed by atoms with Gasteiger partial charge < -0.3 is 5.73 Å². The van der Waals surface area contributed by atoms with Gasteiger partial charge in [-0.2, -0.15) is 0 Å². The van der Waals surface area contributed by atoms with Gasteiger partial charge >= 0.3 is 0 Å². The van der Waals surface area contributed by atoms with Crippen molar-refractivity contribution in [3.05, 3.63) is 0 Å². The third kappa shape index (κ3) is 7.29. The Bertz CT molecular complexity index is 237. The molecule has 0 amide bonds. The first kappa shape index (κ1) is 13.9. The highest BCUT2D eigenvalue weighted by atomic mass is 32.2. The fourth-order valence-electron chi connectivity index (χ4n) is 1.07. The van der Waals surface area contributed by atoms with Crippen molar-refractivity contribution in [2.24, 2.45) is 11.7 Å². The first-order chi connectivity index (χ1) is 6.37. The maximum atomic E-state index is 11.5. The number of rotatable bonds is 7. The number of hydrogen-bond acceptors (Lipinski definition) is 3. The molecular formula is C9H22N2O2S. The van der Waals surface area contributed by atoms with E-state index >= 15 is 0 Å². The monoisotopic (exact) mass is 222 g/mol. The Morgan fingerprint density at radius 1 is 1.21 bits per heavy atom. The molecule has 0 radical (unpaired) electrons. The van der Waals surface area contributed by atoms with Crippen LogP contribution in [-0.4, -0.2) is 26.8 Å². The summed E-state index contributed by atoms with van der Waals surface area (Å²) >= 11 is 0. The van der Waals surface area contributed by atoms with E-state index in [1.54, 1.807) is 0 Å². The van der Waals surface area contributed by atoms with Gasteiger partial charge in [-0.15, -0.1) is 0 Å². The molecule has 0 aromatic carbocycles. The normalized spacial score (nSPS) is 14.6. The molecule has 14 heavy (non-hydrogen) atoms. The molecule has 4 nitrogen and oxygen atoms in total. The summed E-state index contributed by atoms with van der Waals surface area (Å²) in [7, 11) is -3.10. The Morgan fingerprint density at radius 2 is 1.79 bits per heavy atom. The fraction of sp³-hybridized carbons (Fsp3) is 1.00. The molecule has 0 aromatic rings. The Labute approximate surface area is 87.3 Å². The predicted octanol–water partition coefficient (Wildman–Crippen LogP) is 0.689. The van der Waals surface area contributed by atoms with Crippen molar-refractivity contribution >= 4 is 10.0 Å². The first-order valence-corrected chi connectivity index (χ1v) is 6.72. The lowest BCUT2D eigenvalue weighted by Gasteiger charge is -2.13. The average molecular weight is 222 g/mol. The standard InChI is InChI=1S/C9H22N2O2S/c1-8(2)5-7-14(12,13)11-9(3)4-6-10/h8-9,11H,4-7,10H2,1-3H3. The van der Waals surface area contributed by atoms with Crippen LogP contribution in [0.3, 0.4) is 0 Å². The Kier molecular flexibility index (Phi) is 6.31. The van der Waals surface area contributed by atoms with Gasteiger partial charge in [0.05, 0.1) is 5.75 Å². The maximum Gasteiger partial charge on any atom is 0.211 e. The first-order valence-electron chi connectivity index (χ1n) is 5.07. The zero-order valence-electron chi connectivity index (χ0n) is 9.29. The van der Waals surface area contributed by atoms with E-state index in [1.807, 2.05) is 20.8 Å². The van der Waals surface area contributed by atoms with Crippen molar-refractivity contribution in [3.63, 3.8) is 0 Å². The summed E-state index contributed by atoms with van der Waals surface area (Å²) in [4.78, 5) is 0. The molecule has 3 N–H and O–H groups in total. The molecule has 5 heteroatoms. The second kappa shape index (κ2) is 6.37. The van der Waals surface area contributed by atoms with Gasteiger partial charge in [0.25, 0.3) is 0 Å². The van der Waals surface area contributed by atoms with Crippen molar-refractivity contribution in [1.29, 1.82) is 0 Å². The number of nitrogens with one attached hydrogen (secondary N) is 1. The zero-order chi connectivity index (χ0) is 11.2. The summed E-state index contributed by atoms with van der Waals surface area (Å²) in [5, 5.41) is 0. The molecule has 0 aliphatic carbocycles. The van der Waals surface area contributed by atoms with Crippen molar-refractivity contribution in [3.8, 4) is 0 Å². The lowest BCUT2D eigenvalue weighted by atomic mass is 10.2. The lowest BCUT2D eigenvalue weighted by molar-refractivity contribution is 0.537. The van der Waals surface area contributed by atoms with Gasteiger partial charge in [0.1, 0.15) is 0 Å². The van der Waals surface area contributed by atoms with Gasteiger partial charge in [0, 0.05) is 6.04 Å². The Morgan fingerprint density at radius 3 is 2.21 bits per heavy atom.